The van der Waals surface area contributed by atoms with Gasteiger partial charge in [-0.2, -0.15) is 0 Å². The van der Waals surface area contributed by atoms with Crippen molar-refractivity contribution in [1.29, 1.82) is 0 Å². The van der Waals surface area contributed by atoms with E-state index < -0.39 is 5.92 Å². The second-order valence-electron chi connectivity index (χ2n) is 7.95. The largest absolute Gasteiger partial charge is 0.497 e. The molecule has 1 N–H and O–H groups in total. The quantitative estimate of drug-likeness (QED) is 0.713. The average Bonchev–Trinajstić information content (AvgIpc) is 3.40. The third kappa shape index (κ3) is 3.92. The molecule has 2 aliphatic rings. The van der Waals surface area contributed by atoms with Gasteiger partial charge in [0.05, 0.1) is 46.1 Å². The molecule has 0 aromatic heterocycles. The maximum atomic E-state index is 13.1. The SMILES string of the molecule is COc1ccc(N2CC(C(=O)NC3CCc4cc(OC)c(OC)cc43)CC2=O)c(OC)c1. The molecule has 2 atom stereocenters. The number of hydrogen-bond acceptors (Lipinski definition) is 6. The van der Waals surface area contributed by atoms with Crippen LogP contribution in [0.4, 0.5) is 5.69 Å². The highest BCUT2D eigenvalue weighted by Gasteiger charge is 2.38. The van der Waals surface area contributed by atoms with Crippen LogP contribution in [0, 0.1) is 5.92 Å². The summed E-state index contributed by atoms with van der Waals surface area (Å²) in [6.45, 7) is 0.304. The zero-order chi connectivity index (χ0) is 22.8. The van der Waals surface area contributed by atoms with Crippen molar-refractivity contribution >= 4 is 17.5 Å². The van der Waals surface area contributed by atoms with Gasteiger partial charge in [-0.25, -0.2) is 0 Å². The van der Waals surface area contributed by atoms with E-state index in [4.69, 9.17) is 18.9 Å². The van der Waals surface area contributed by atoms with Crippen LogP contribution in [0.1, 0.15) is 30.0 Å². The molecule has 0 saturated carbocycles. The summed E-state index contributed by atoms with van der Waals surface area (Å²) in [4.78, 5) is 27.4. The van der Waals surface area contributed by atoms with Crippen molar-refractivity contribution in [1.82, 2.24) is 5.32 Å². The number of rotatable bonds is 7. The molecular formula is C24H28N2O6. The Balaban J connectivity index is 1.48. The van der Waals surface area contributed by atoms with E-state index in [9.17, 15) is 9.59 Å². The summed E-state index contributed by atoms with van der Waals surface area (Å²) in [5.74, 6) is 1.83. The molecule has 2 aromatic rings. The molecule has 8 heteroatoms. The summed E-state index contributed by atoms with van der Waals surface area (Å²) >= 11 is 0. The second kappa shape index (κ2) is 8.98. The molecule has 0 radical (unpaired) electrons. The normalized spacial score (nSPS) is 19.5. The lowest BCUT2D eigenvalue weighted by Crippen LogP contribution is -2.35. The van der Waals surface area contributed by atoms with Crippen LogP contribution in [0.2, 0.25) is 0 Å². The van der Waals surface area contributed by atoms with E-state index in [1.807, 2.05) is 12.1 Å². The minimum atomic E-state index is -0.432. The summed E-state index contributed by atoms with van der Waals surface area (Å²) in [6.07, 6.45) is 1.81. The monoisotopic (exact) mass is 440 g/mol. The lowest BCUT2D eigenvalue weighted by atomic mass is 10.0. The molecule has 170 valence electrons. The molecule has 1 fully saturated rings. The Morgan fingerprint density at radius 3 is 2.38 bits per heavy atom. The third-order valence-electron chi connectivity index (χ3n) is 6.21. The van der Waals surface area contributed by atoms with Gasteiger partial charge in [-0.05, 0) is 48.2 Å². The van der Waals surface area contributed by atoms with E-state index in [1.165, 1.54) is 0 Å². The zero-order valence-electron chi connectivity index (χ0n) is 18.8. The maximum absolute atomic E-state index is 13.1. The number of aryl methyl sites for hydroxylation is 1. The number of anilines is 1. The van der Waals surface area contributed by atoms with Gasteiger partial charge in [0.25, 0.3) is 0 Å². The van der Waals surface area contributed by atoms with Gasteiger partial charge in [0.2, 0.25) is 11.8 Å². The van der Waals surface area contributed by atoms with Gasteiger partial charge in [0.15, 0.2) is 11.5 Å². The second-order valence-corrected chi connectivity index (χ2v) is 7.95. The van der Waals surface area contributed by atoms with Crippen molar-refractivity contribution in [2.45, 2.75) is 25.3 Å². The molecular weight excluding hydrogens is 412 g/mol. The average molecular weight is 440 g/mol. The van der Waals surface area contributed by atoms with Crippen molar-refractivity contribution in [3.63, 3.8) is 0 Å². The Morgan fingerprint density at radius 1 is 0.969 bits per heavy atom. The van der Waals surface area contributed by atoms with Crippen LogP contribution in [-0.4, -0.2) is 46.8 Å². The Morgan fingerprint density at radius 2 is 1.69 bits per heavy atom. The number of hydrogen-bond donors (Lipinski definition) is 1. The van der Waals surface area contributed by atoms with Crippen LogP contribution in [0.15, 0.2) is 30.3 Å². The van der Waals surface area contributed by atoms with Crippen LogP contribution in [-0.2, 0) is 16.0 Å². The lowest BCUT2D eigenvalue weighted by Gasteiger charge is -2.21. The Kier molecular flexibility index (Phi) is 6.12. The fraction of sp³-hybridized carbons (Fsp3) is 0.417. The summed E-state index contributed by atoms with van der Waals surface area (Å²) in [5.41, 5.74) is 2.81. The summed E-state index contributed by atoms with van der Waals surface area (Å²) < 4.78 is 21.5. The molecule has 32 heavy (non-hydrogen) atoms. The van der Waals surface area contributed by atoms with Gasteiger partial charge in [0, 0.05) is 19.0 Å². The van der Waals surface area contributed by atoms with E-state index in [-0.39, 0.29) is 24.3 Å². The first-order chi connectivity index (χ1) is 15.5. The highest BCUT2D eigenvalue weighted by atomic mass is 16.5. The van der Waals surface area contributed by atoms with Crippen molar-refractivity contribution in [2.24, 2.45) is 5.92 Å². The lowest BCUT2D eigenvalue weighted by molar-refractivity contribution is -0.127. The van der Waals surface area contributed by atoms with Crippen LogP contribution < -0.4 is 29.2 Å². The minimum absolute atomic E-state index is 0.105. The fourth-order valence-electron chi connectivity index (χ4n) is 4.50. The third-order valence-corrected chi connectivity index (χ3v) is 6.21. The van der Waals surface area contributed by atoms with Crippen LogP contribution in [0.5, 0.6) is 23.0 Å². The number of carbonyl (C=O) groups excluding carboxylic acids is 2. The Labute approximate surface area is 187 Å². The van der Waals surface area contributed by atoms with Gasteiger partial charge in [0.1, 0.15) is 11.5 Å². The number of nitrogens with one attached hydrogen (secondary N) is 1. The highest BCUT2D eigenvalue weighted by Crippen LogP contribution is 2.40. The Bertz CT molecular complexity index is 1040. The number of amides is 2. The number of methoxy groups -OCH3 is 4. The number of ether oxygens (including phenoxy) is 4. The van der Waals surface area contributed by atoms with E-state index >= 15 is 0 Å². The molecule has 8 nitrogen and oxygen atoms in total. The summed E-state index contributed by atoms with van der Waals surface area (Å²) in [5, 5.41) is 3.14. The molecule has 1 aliphatic heterocycles. The topological polar surface area (TPSA) is 86.3 Å². The van der Waals surface area contributed by atoms with Crippen LogP contribution >= 0.6 is 0 Å². The van der Waals surface area contributed by atoms with Crippen LogP contribution in [0.3, 0.4) is 0 Å². The number of carbonyl (C=O) groups is 2. The molecule has 1 heterocycles. The predicted molar refractivity (Wildman–Crippen MR) is 119 cm³/mol. The molecule has 0 spiro atoms. The van der Waals surface area contributed by atoms with Gasteiger partial charge in [-0.3, -0.25) is 9.59 Å². The smallest absolute Gasteiger partial charge is 0.227 e. The van der Waals surface area contributed by atoms with E-state index in [2.05, 4.69) is 5.32 Å². The minimum Gasteiger partial charge on any atom is -0.497 e. The first kappa shape index (κ1) is 21.8. The van der Waals surface area contributed by atoms with Gasteiger partial charge >= 0.3 is 0 Å². The number of nitrogens with zero attached hydrogens (tertiary/aromatic N) is 1. The summed E-state index contributed by atoms with van der Waals surface area (Å²) in [7, 11) is 6.32. The first-order valence-corrected chi connectivity index (χ1v) is 10.6. The standard InChI is InChI=1S/C24H28N2O6/c1-29-16-6-8-19(20(11-16)30-2)26-13-15(10-23(26)27)24(28)25-18-7-5-14-9-21(31-3)22(32-4)12-17(14)18/h6,8-9,11-12,15,18H,5,7,10,13H2,1-4H3,(H,25,28). The van der Waals surface area contributed by atoms with E-state index in [0.717, 1.165) is 24.0 Å². The highest BCUT2D eigenvalue weighted by molar-refractivity contribution is 6.01. The fourth-order valence-corrected chi connectivity index (χ4v) is 4.50. The molecule has 0 bridgehead atoms. The number of fused-ring (bicyclic) bond motifs is 1. The van der Waals surface area contributed by atoms with Gasteiger partial charge in [-0.1, -0.05) is 0 Å². The maximum Gasteiger partial charge on any atom is 0.227 e. The van der Waals surface area contributed by atoms with Crippen LogP contribution in [0.25, 0.3) is 0 Å². The summed E-state index contributed by atoms with van der Waals surface area (Å²) in [6, 6.07) is 9.07. The van der Waals surface area contributed by atoms with Gasteiger partial charge < -0.3 is 29.2 Å². The molecule has 2 amide bonds. The van der Waals surface area contributed by atoms with E-state index in [1.54, 1.807) is 51.5 Å². The number of benzene rings is 2. The zero-order valence-corrected chi connectivity index (χ0v) is 18.8. The van der Waals surface area contributed by atoms with Crippen molar-refractivity contribution < 1.29 is 28.5 Å². The molecule has 1 saturated heterocycles. The van der Waals surface area contributed by atoms with Gasteiger partial charge in [-0.15, -0.1) is 0 Å². The van der Waals surface area contributed by atoms with Crippen molar-refractivity contribution in [3.8, 4) is 23.0 Å². The van der Waals surface area contributed by atoms with Crippen molar-refractivity contribution in [2.75, 3.05) is 39.9 Å². The molecule has 1 aliphatic carbocycles. The predicted octanol–water partition coefficient (Wildman–Crippen LogP) is 2.88. The molecule has 2 unspecified atom stereocenters. The molecule has 2 aromatic carbocycles. The molecule has 4 rings (SSSR count). The van der Waals surface area contributed by atoms with E-state index in [0.29, 0.717) is 35.2 Å². The van der Waals surface area contributed by atoms with Crippen molar-refractivity contribution in [3.05, 3.63) is 41.5 Å². The Hall–Kier alpha value is -3.42. The first-order valence-electron chi connectivity index (χ1n) is 10.6.